The molecule has 4 N–H and O–H groups in total. The fourth-order valence-electron chi connectivity index (χ4n) is 1.43. The van der Waals surface area contributed by atoms with Crippen molar-refractivity contribution in [3.63, 3.8) is 0 Å². The average Bonchev–Trinajstić information content (AvgIpc) is 2.65. The van der Waals surface area contributed by atoms with E-state index < -0.39 is 19.7 Å². The van der Waals surface area contributed by atoms with E-state index in [1.165, 1.54) is 16.8 Å². The molecular formula is C8H8ClN4O4P. The van der Waals surface area contributed by atoms with Crippen LogP contribution in [0.25, 0.3) is 5.78 Å². The van der Waals surface area contributed by atoms with Gasteiger partial charge in [0.15, 0.2) is 0 Å². The van der Waals surface area contributed by atoms with E-state index in [2.05, 4.69) is 9.97 Å². The van der Waals surface area contributed by atoms with E-state index in [1.807, 2.05) is 0 Å². The van der Waals surface area contributed by atoms with Gasteiger partial charge in [0.2, 0.25) is 5.78 Å². The molecule has 0 unspecified atom stereocenters. The first-order valence-electron chi connectivity index (χ1n) is 4.65. The predicted molar refractivity (Wildman–Crippen MR) is 62.3 cm³/mol. The van der Waals surface area contributed by atoms with Crippen molar-refractivity contribution < 1.29 is 19.1 Å². The van der Waals surface area contributed by atoms with Crippen LogP contribution in [0.1, 0.15) is 16.2 Å². The molecule has 0 atom stereocenters. The third-order valence-electron chi connectivity index (χ3n) is 2.16. The molecule has 0 aliphatic heterocycles. The van der Waals surface area contributed by atoms with Crippen molar-refractivity contribution in [2.75, 3.05) is 0 Å². The largest absolute Gasteiger partial charge is 0.364 e. The highest BCUT2D eigenvalue weighted by atomic mass is 35.5. The van der Waals surface area contributed by atoms with Crippen LogP contribution in [0.15, 0.2) is 12.4 Å². The molecule has 0 radical (unpaired) electrons. The summed E-state index contributed by atoms with van der Waals surface area (Å²) in [7, 11) is -4.31. The lowest BCUT2D eigenvalue weighted by Crippen LogP contribution is -2.10. The fourth-order valence-corrected chi connectivity index (χ4v) is 2.44. The molecular weight excluding hydrogens is 283 g/mol. The molecule has 0 aromatic carbocycles. The second-order valence-electron chi connectivity index (χ2n) is 3.54. The Labute approximate surface area is 106 Å². The lowest BCUT2D eigenvalue weighted by molar-refractivity contribution is 0.0996. The van der Waals surface area contributed by atoms with Gasteiger partial charge in [-0.1, -0.05) is 11.6 Å². The first-order chi connectivity index (χ1) is 8.28. The Kier molecular flexibility index (Phi) is 3.12. The zero-order chi connectivity index (χ0) is 13.5. The first-order valence-corrected chi connectivity index (χ1v) is 6.82. The summed E-state index contributed by atoms with van der Waals surface area (Å²) in [6.07, 6.45) is 1.86. The molecule has 0 aliphatic carbocycles. The zero-order valence-electron chi connectivity index (χ0n) is 8.82. The van der Waals surface area contributed by atoms with Crippen molar-refractivity contribution in [3.8, 4) is 0 Å². The molecule has 8 nitrogen and oxygen atoms in total. The van der Waals surface area contributed by atoms with Crippen molar-refractivity contribution in [1.29, 1.82) is 0 Å². The summed E-state index contributed by atoms with van der Waals surface area (Å²) in [6.45, 7) is 0. The Morgan fingerprint density at radius 2 is 2.22 bits per heavy atom. The van der Waals surface area contributed by atoms with E-state index in [4.69, 9.17) is 27.1 Å². The van der Waals surface area contributed by atoms with Crippen molar-refractivity contribution >= 4 is 30.9 Å². The number of amides is 1. The standard InChI is InChI=1S/C8H8ClN4O4P/c9-4-1-11-8-12-5(7(10)14)2-13(8)6(4)3-18(15,16)17/h1-2H,3H2,(H2,10,14)(H2,15,16,17). The van der Waals surface area contributed by atoms with Crippen LogP contribution in [0.4, 0.5) is 0 Å². The lowest BCUT2D eigenvalue weighted by atomic mass is 10.4. The number of hydrogen-bond acceptors (Lipinski definition) is 4. The summed E-state index contributed by atoms with van der Waals surface area (Å²) in [4.78, 5) is 36.6. The third-order valence-corrected chi connectivity index (χ3v) is 3.18. The summed E-state index contributed by atoms with van der Waals surface area (Å²) in [5.41, 5.74) is 5.13. The Bertz CT molecular complexity index is 679. The molecule has 2 heterocycles. The van der Waals surface area contributed by atoms with Gasteiger partial charge in [-0.25, -0.2) is 9.97 Å². The number of carbonyl (C=O) groups is 1. The van der Waals surface area contributed by atoms with E-state index in [1.54, 1.807) is 0 Å². The SMILES string of the molecule is NC(=O)c1cn2c(CP(=O)(O)O)c(Cl)cnc2n1. The molecule has 2 aromatic heterocycles. The monoisotopic (exact) mass is 290 g/mol. The van der Waals surface area contributed by atoms with Crippen LogP contribution in [0.5, 0.6) is 0 Å². The van der Waals surface area contributed by atoms with Crippen LogP contribution < -0.4 is 5.73 Å². The minimum Gasteiger partial charge on any atom is -0.364 e. The quantitative estimate of drug-likeness (QED) is 0.690. The summed E-state index contributed by atoms with van der Waals surface area (Å²) in [6, 6.07) is 0. The average molecular weight is 291 g/mol. The van der Waals surface area contributed by atoms with Crippen LogP contribution in [0.2, 0.25) is 5.02 Å². The number of fused-ring (bicyclic) bond motifs is 1. The molecule has 2 aromatic rings. The predicted octanol–water partition coefficient (Wildman–Crippen LogP) is 0.159. The summed E-state index contributed by atoms with van der Waals surface area (Å²) in [5, 5.41) is 0.0687. The number of hydrogen-bond donors (Lipinski definition) is 3. The van der Waals surface area contributed by atoms with Crippen LogP contribution in [0.3, 0.4) is 0 Å². The number of primary amides is 1. The van der Waals surface area contributed by atoms with Gasteiger partial charge >= 0.3 is 7.60 Å². The van der Waals surface area contributed by atoms with Crippen molar-refractivity contribution in [3.05, 3.63) is 28.8 Å². The molecule has 0 bridgehead atoms. The summed E-state index contributed by atoms with van der Waals surface area (Å²) < 4.78 is 12.3. The first kappa shape index (κ1) is 13.0. The van der Waals surface area contributed by atoms with Crippen LogP contribution in [0, 0.1) is 0 Å². The van der Waals surface area contributed by atoms with Gasteiger partial charge in [0.25, 0.3) is 5.91 Å². The number of nitrogens with two attached hydrogens (primary N) is 1. The van der Waals surface area contributed by atoms with Gasteiger partial charge in [0, 0.05) is 6.20 Å². The van der Waals surface area contributed by atoms with Gasteiger partial charge in [-0.15, -0.1) is 0 Å². The normalized spacial score (nSPS) is 11.9. The van der Waals surface area contributed by atoms with E-state index in [0.29, 0.717) is 0 Å². The molecule has 0 saturated carbocycles. The minimum atomic E-state index is -4.31. The summed E-state index contributed by atoms with van der Waals surface area (Å²) >= 11 is 5.83. The zero-order valence-corrected chi connectivity index (χ0v) is 10.5. The molecule has 0 fully saturated rings. The Balaban J connectivity index is 2.66. The number of carbonyl (C=O) groups excluding carboxylic acids is 1. The Morgan fingerprint density at radius 1 is 1.56 bits per heavy atom. The van der Waals surface area contributed by atoms with Crippen molar-refractivity contribution in [1.82, 2.24) is 14.4 Å². The molecule has 1 amide bonds. The topological polar surface area (TPSA) is 131 Å². The highest BCUT2D eigenvalue weighted by Gasteiger charge is 2.21. The third kappa shape index (κ3) is 2.51. The minimum absolute atomic E-state index is 0.0586. The molecule has 96 valence electrons. The lowest BCUT2D eigenvalue weighted by Gasteiger charge is -2.08. The molecule has 10 heteroatoms. The van der Waals surface area contributed by atoms with Gasteiger partial charge in [0.1, 0.15) is 5.69 Å². The van der Waals surface area contributed by atoms with Gasteiger partial charge in [0.05, 0.1) is 23.1 Å². The Hall–Kier alpha value is -1.47. The molecule has 0 saturated heterocycles. The highest BCUT2D eigenvalue weighted by Crippen LogP contribution is 2.40. The van der Waals surface area contributed by atoms with Crippen LogP contribution in [-0.2, 0) is 10.7 Å². The van der Waals surface area contributed by atoms with Gasteiger partial charge in [-0.05, 0) is 0 Å². The second-order valence-corrected chi connectivity index (χ2v) is 5.59. The number of aromatic nitrogens is 3. The number of imidazole rings is 1. The number of nitrogens with zero attached hydrogens (tertiary/aromatic N) is 3. The van der Waals surface area contributed by atoms with Gasteiger partial charge in [-0.2, -0.15) is 0 Å². The smallest absolute Gasteiger partial charge is 0.331 e. The molecule has 18 heavy (non-hydrogen) atoms. The van der Waals surface area contributed by atoms with Crippen molar-refractivity contribution in [2.24, 2.45) is 5.73 Å². The summed E-state index contributed by atoms with van der Waals surface area (Å²) in [5.74, 6) is -0.671. The maximum absolute atomic E-state index is 11.0. The van der Waals surface area contributed by atoms with E-state index >= 15 is 0 Å². The molecule has 0 spiro atoms. The van der Waals surface area contributed by atoms with Gasteiger partial charge in [-0.3, -0.25) is 13.8 Å². The van der Waals surface area contributed by atoms with E-state index in [0.717, 1.165) is 0 Å². The number of rotatable bonds is 3. The van der Waals surface area contributed by atoms with E-state index in [9.17, 15) is 9.36 Å². The van der Waals surface area contributed by atoms with Crippen LogP contribution in [-0.4, -0.2) is 30.1 Å². The second kappa shape index (κ2) is 4.33. The highest BCUT2D eigenvalue weighted by molar-refractivity contribution is 7.50. The molecule has 2 rings (SSSR count). The van der Waals surface area contributed by atoms with Crippen LogP contribution >= 0.6 is 19.2 Å². The maximum atomic E-state index is 11.0. The fraction of sp³-hybridized carbons (Fsp3) is 0.125. The molecule has 0 aliphatic rings. The Morgan fingerprint density at radius 3 is 2.78 bits per heavy atom. The van der Waals surface area contributed by atoms with Crippen molar-refractivity contribution in [2.45, 2.75) is 6.16 Å². The number of halogens is 1. The van der Waals surface area contributed by atoms with E-state index in [-0.39, 0.29) is 22.2 Å². The van der Waals surface area contributed by atoms with Gasteiger partial charge < -0.3 is 15.5 Å². The maximum Gasteiger partial charge on any atom is 0.331 e.